The van der Waals surface area contributed by atoms with Gasteiger partial charge in [0.05, 0.1) is 6.54 Å². The molecule has 2 aliphatic rings. The van der Waals surface area contributed by atoms with Crippen LogP contribution < -0.4 is 15.7 Å². The van der Waals surface area contributed by atoms with E-state index in [1.807, 2.05) is 0 Å². The molecule has 1 fully saturated rings. The van der Waals surface area contributed by atoms with Crippen LogP contribution in [0, 0.1) is 5.92 Å². The summed E-state index contributed by atoms with van der Waals surface area (Å²) in [5.74, 6) is 0.874. The lowest BCUT2D eigenvalue weighted by atomic mass is 9.96. The Morgan fingerprint density at radius 3 is 2.62 bits per heavy atom. The Balaban J connectivity index is 1.72. The van der Waals surface area contributed by atoms with Gasteiger partial charge in [-0.1, -0.05) is 46.0 Å². The number of hydrogen-bond donors (Lipinski definition) is 3. The molecule has 32 heavy (non-hydrogen) atoms. The zero-order valence-corrected chi connectivity index (χ0v) is 21.3. The van der Waals surface area contributed by atoms with Crippen molar-refractivity contribution in [3.8, 4) is 0 Å². The largest absolute Gasteiger partial charge is 0.376 e. The lowest BCUT2D eigenvalue weighted by Crippen LogP contribution is -2.44. The highest BCUT2D eigenvalue weighted by atomic mass is 31.1. The van der Waals surface area contributed by atoms with Crippen LogP contribution in [0.3, 0.4) is 0 Å². The minimum Gasteiger partial charge on any atom is -0.376 e. The van der Waals surface area contributed by atoms with Crippen molar-refractivity contribution < 1.29 is 4.79 Å². The summed E-state index contributed by atoms with van der Waals surface area (Å²) in [7, 11) is 2.84. The number of amides is 1. The smallest absolute Gasteiger partial charge is 0.234 e. The molecule has 0 saturated heterocycles. The molecule has 1 amide bonds. The van der Waals surface area contributed by atoms with Gasteiger partial charge >= 0.3 is 0 Å². The topological polar surface area (TPSA) is 56.4 Å². The third-order valence-corrected chi connectivity index (χ3v) is 7.49. The number of fused-ring (bicyclic) bond motifs is 1. The molecule has 3 N–H and O–H groups in total. The van der Waals surface area contributed by atoms with E-state index in [0.717, 1.165) is 57.3 Å². The van der Waals surface area contributed by atoms with Crippen LogP contribution in [0.1, 0.15) is 57.1 Å². The van der Waals surface area contributed by atoms with Gasteiger partial charge in [-0.15, -0.1) is 0 Å². The second kappa shape index (κ2) is 13.3. The number of nitrogens with one attached hydrogen (secondary N) is 3. The van der Waals surface area contributed by atoms with Gasteiger partial charge in [-0.05, 0) is 75.1 Å². The minimum absolute atomic E-state index is 0.107. The molecule has 1 aromatic carbocycles. The first-order chi connectivity index (χ1) is 15.6. The fourth-order valence-corrected chi connectivity index (χ4v) is 5.49. The van der Waals surface area contributed by atoms with Crippen LogP contribution in [0.2, 0.25) is 0 Å². The summed E-state index contributed by atoms with van der Waals surface area (Å²) in [6.45, 7) is 6.77. The molecule has 3 atom stereocenters. The van der Waals surface area contributed by atoms with Crippen molar-refractivity contribution in [1.82, 2.24) is 20.6 Å². The Kier molecular flexibility index (Phi) is 10.5. The highest BCUT2D eigenvalue weighted by molar-refractivity contribution is 7.35. The number of carbonyl (C=O) groups is 1. The molecule has 1 aromatic rings. The minimum atomic E-state index is 0.107. The van der Waals surface area contributed by atoms with E-state index in [-0.39, 0.29) is 5.91 Å². The highest BCUT2D eigenvalue weighted by Gasteiger charge is 2.35. The van der Waals surface area contributed by atoms with Crippen LogP contribution in [-0.4, -0.2) is 55.7 Å². The predicted octanol–water partition coefficient (Wildman–Crippen LogP) is 3.85. The van der Waals surface area contributed by atoms with Crippen LogP contribution >= 0.6 is 8.73 Å². The van der Waals surface area contributed by atoms with Gasteiger partial charge in [-0.3, -0.25) is 9.88 Å². The fourth-order valence-electron chi connectivity index (χ4n) is 4.58. The van der Waals surface area contributed by atoms with E-state index in [4.69, 9.17) is 0 Å². The number of rotatable bonds is 2. The van der Waals surface area contributed by atoms with Crippen LogP contribution in [0.4, 0.5) is 0 Å². The van der Waals surface area contributed by atoms with E-state index in [9.17, 15) is 4.79 Å². The molecule has 0 aromatic heterocycles. The second-order valence-corrected chi connectivity index (χ2v) is 10.6. The molecule has 1 aliphatic carbocycles. The Labute approximate surface area is 197 Å². The van der Waals surface area contributed by atoms with Gasteiger partial charge in [0.25, 0.3) is 0 Å². The van der Waals surface area contributed by atoms with Gasteiger partial charge in [-0.25, -0.2) is 0 Å². The molecule has 3 rings (SSSR count). The lowest BCUT2D eigenvalue weighted by Gasteiger charge is -2.33. The Bertz CT molecular complexity index is 749. The molecule has 178 valence electrons. The molecule has 1 saturated carbocycles. The van der Waals surface area contributed by atoms with Crippen molar-refractivity contribution >= 4 is 14.6 Å². The first-order valence-electron chi connectivity index (χ1n) is 12.5. The van der Waals surface area contributed by atoms with E-state index in [2.05, 4.69) is 71.9 Å². The molecular formula is C26H43N4OP. The molecule has 5 nitrogen and oxygen atoms in total. The first kappa shape index (κ1) is 25.2. The predicted molar refractivity (Wildman–Crippen MR) is 137 cm³/mol. The molecule has 0 bridgehead atoms. The number of hydrogen-bond acceptors (Lipinski definition) is 4. The van der Waals surface area contributed by atoms with Crippen molar-refractivity contribution in [2.45, 2.75) is 70.9 Å². The monoisotopic (exact) mass is 458 g/mol. The Hall–Kier alpha value is -1.42. The summed E-state index contributed by atoms with van der Waals surface area (Å²) in [6, 6.07) is 9.76. The SMILES string of the molecule is CC/C=C1\C(C2CC2)NC(C)CCc2ccccc2CCCNC(=O)CNPCCN1C. The number of likely N-dealkylation sites (N-methyl/N-ethyl adjacent to an activating group) is 1. The maximum absolute atomic E-state index is 12.1. The Morgan fingerprint density at radius 1 is 1.16 bits per heavy atom. The van der Waals surface area contributed by atoms with Crippen molar-refractivity contribution in [3.63, 3.8) is 0 Å². The van der Waals surface area contributed by atoms with Gasteiger partial charge < -0.3 is 15.5 Å². The summed E-state index contributed by atoms with van der Waals surface area (Å²) in [4.78, 5) is 14.6. The van der Waals surface area contributed by atoms with Gasteiger partial charge in [0, 0.05) is 37.9 Å². The Morgan fingerprint density at radius 2 is 1.91 bits per heavy atom. The molecule has 0 radical (unpaired) electrons. The average molecular weight is 459 g/mol. The average Bonchev–Trinajstić information content (AvgIpc) is 3.62. The van der Waals surface area contributed by atoms with Crippen LogP contribution in [0.15, 0.2) is 36.0 Å². The molecule has 1 aliphatic heterocycles. The summed E-state index contributed by atoms with van der Waals surface area (Å²) >= 11 is 0. The highest BCUT2D eigenvalue weighted by Crippen LogP contribution is 2.37. The summed E-state index contributed by atoms with van der Waals surface area (Å²) in [6.07, 6.45) is 11.5. The molecule has 0 spiro atoms. The quantitative estimate of drug-likeness (QED) is 0.590. The number of nitrogens with zero attached hydrogens (tertiary/aromatic N) is 1. The summed E-state index contributed by atoms with van der Waals surface area (Å²) in [5.41, 5.74) is 4.34. The number of carbonyl (C=O) groups excluding carboxylic acids is 1. The number of allylic oxidation sites excluding steroid dienone is 1. The lowest BCUT2D eigenvalue weighted by molar-refractivity contribution is -0.119. The molecule has 1 heterocycles. The normalized spacial score (nSPS) is 27.3. The number of benzene rings is 1. The standard InChI is InChI=1S/C26H43N4OP/c1-4-8-24-26(23-14-15-23)29-20(2)12-13-22-10-6-5-9-21(22)11-7-16-27-25(31)19-28-32-18-17-30(24)3/h5-6,8-10,20,23,26,28-29,32H,4,7,11-19H2,1-3H3,(H,27,31)/b24-8+. The zero-order valence-electron chi connectivity index (χ0n) is 20.3. The van der Waals surface area contributed by atoms with Crippen molar-refractivity contribution in [2.24, 2.45) is 5.92 Å². The van der Waals surface area contributed by atoms with Gasteiger partial charge in [0.2, 0.25) is 5.91 Å². The number of aryl methyl sites for hydroxylation is 2. The van der Waals surface area contributed by atoms with E-state index in [1.165, 1.54) is 29.7 Å². The van der Waals surface area contributed by atoms with Gasteiger partial charge in [0.15, 0.2) is 0 Å². The van der Waals surface area contributed by atoms with Crippen LogP contribution in [0.5, 0.6) is 0 Å². The van der Waals surface area contributed by atoms with Crippen LogP contribution in [0.25, 0.3) is 0 Å². The summed E-state index contributed by atoms with van der Waals surface area (Å²) < 4.78 is 0. The molecular weight excluding hydrogens is 415 g/mol. The fraction of sp³-hybridized carbons (Fsp3) is 0.654. The van der Waals surface area contributed by atoms with E-state index >= 15 is 0 Å². The molecule has 3 unspecified atom stereocenters. The van der Waals surface area contributed by atoms with Crippen molar-refractivity contribution in [3.05, 3.63) is 47.2 Å². The zero-order chi connectivity index (χ0) is 22.8. The van der Waals surface area contributed by atoms with E-state index < -0.39 is 0 Å². The van der Waals surface area contributed by atoms with Gasteiger partial charge in [0.1, 0.15) is 0 Å². The maximum atomic E-state index is 12.1. The van der Waals surface area contributed by atoms with E-state index in [1.54, 1.807) is 0 Å². The third kappa shape index (κ3) is 8.17. The maximum Gasteiger partial charge on any atom is 0.234 e. The van der Waals surface area contributed by atoms with Crippen molar-refractivity contribution in [1.29, 1.82) is 0 Å². The van der Waals surface area contributed by atoms with E-state index in [0.29, 0.717) is 27.4 Å². The summed E-state index contributed by atoms with van der Waals surface area (Å²) in [5, 5.41) is 10.4. The van der Waals surface area contributed by atoms with Gasteiger partial charge in [-0.2, -0.15) is 0 Å². The van der Waals surface area contributed by atoms with Crippen LogP contribution in [-0.2, 0) is 17.6 Å². The first-order valence-corrected chi connectivity index (χ1v) is 13.8. The molecule has 6 heteroatoms. The second-order valence-electron chi connectivity index (χ2n) is 9.38. The third-order valence-electron chi connectivity index (χ3n) is 6.59. The van der Waals surface area contributed by atoms with Crippen molar-refractivity contribution in [2.75, 3.05) is 32.8 Å².